The van der Waals surface area contributed by atoms with Gasteiger partial charge in [0.2, 0.25) is 0 Å². The quantitative estimate of drug-likeness (QED) is 0.123. The molecule has 4 aromatic carbocycles. The molecular formula is C35H34N2O5. The highest BCUT2D eigenvalue weighted by molar-refractivity contribution is 6.51. The zero-order valence-electron chi connectivity index (χ0n) is 24.1. The number of rotatable bonds is 7. The van der Waals surface area contributed by atoms with Gasteiger partial charge in [0.05, 0.1) is 18.2 Å². The number of ether oxygens (including phenoxy) is 1. The van der Waals surface area contributed by atoms with E-state index < -0.39 is 17.7 Å². The Labute approximate surface area is 245 Å². The van der Waals surface area contributed by atoms with Crippen molar-refractivity contribution in [2.75, 3.05) is 16.8 Å². The lowest BCUT2D eigenvalue weighted by molar-refractivity contribution is -0.132. The summed E-state index contributed by atoms with van der Waals surface area (Å²) < 4.78 is 5.83. The molecule has 4 aromatic rings. The third-order valence-corrected chi connectivity index (χ3v) is 7.22. The number of Topliss-reactive ketones (excluding diaryl/α,β-unsaturated/α-hetero) is 1. The third kappa shape index (κ3) is 5.59. The predicted octanol–water partition coefficient (Wildman–Crippen LogP) is 7.46. The number of aliphatic hydroxyl groups excluding tert-OH is 1. The molecule has 5 rings (SSSR count). The Morgan fingerprint density at radius 1 is 0.881 bits per heavy atom. The molecule has 1 atom stereocenters. The topological polar surface area (TPSA) is 99.1 Å². The molecule has 1 heterocycles. The van der Waals surface area contributed by atoms with Gasteiger partial charge < -0.3 is 20.3 Å². The maximum Gasteiger partial charge on any atom is 0.300 e. The van der Waals surface area contributed by atoms with Gasteiger partial charge in [0, 0.05) is 28.2 Å². The number of anilines is 3. The Bertz CT molecular complexity index is 1640. The van der Waals surface area contributed by atoms with Gasteiger partial charge in [-0.05, 0) is 84.6 Å². The molecule has 1 saturated heterocycles. The summed E-state index contributed by atoms with van der Waals surface area (Å²) in [5.41, 5.74) is 3.74. The molecule has 1 amide bonds. The van der Waals surface area contributed by atoms with Crippen LogP contribution >= 0.6 is 0 Å². The van der Waals surface area contributed by atoms with E-state index in [9.17, 15) is 19.8 Å². The lowest BCUT2D eigenvalue weighted by atomic mass is 9.84. The number of ketones is 1. The fraction of sp³-hybridized carbons (Fsp3) is 0.200. The van der Waals surface area contributed by atoms with Crippen molar-refractivity contribution in [3.05, 3.63) is 119 Å². The van der Waals surface area contributed by atoms with Gasteiger partial charge in [-0.1, -0.05) is 51.1 Å². The first-order chi connectivity index (χ1) is 20.1. The van der Waals surface area contributed by atoms with Crippen LogP contribution in [0.25, 0.3) is 5.76 Å². The Morgan fingerprint density at radius 2 is 1.52 bits per heavy atom. The normalized spacial score (nSPS) is 16.5. The van der Waals surface area contributed by atoms with E-state index in [0.717, 1.165) is 16.9 Å². The highest BCUT2D eigenvalue weighted by atomic mass is 16.5. The second-order valence-corrected chi connectivity index (χ2v) is 11.2. The molecule has 0 aromatic heterocycles. The molecule has 42 heavy (non-hydrogen) atoms. The van der Waals surface area contributed by atoms with Crippen molar-refractivity contribution in [2.45, 2.75) is 39.2 Å². The molecule has 0 aliphatic carbocycles. The molecule has 1 aliphatic rings. The summed E-state index contributed by atoms with van der Waals surface area (Å²) in [6.07, 6.45) is 0. The molecular weight excluding hydrogens is 528 g/mol. The monoisotopic (exact) mass is 562 g/mol. The number of benzene rings is 4. The minimum atomic E-state index is -0.914. The molecule has 1 unspecified atom stereocenters. The summed E-state index contributed by atoms with van der Waals surface area (Å²) in [5, 5.41) is 24.9. The maximum atomic E-state index is 13.6. The fourth-order valence-electron chi connectivity index (χ4n) is 5.16. The number of carbonyl (C=O) groups excluding carboxylic acids is 2. The Hall–Kier alpha value is -5.04. The fourth-order valence-corrected chi connectivity index (χ4v) is 5.16. The molecule has 7 nitrogen and oxygen atoms in total. The van der Waals surface area contributed by atoms with E-state index >= 15 is 0 Å². The number of nitrogens with zero attached hydrogens (tertiary/aromatic N) is 1. The first kappa shape index (κ1) is 28.5. The number of phenolic OH excluding ortho intramolecular Hbond substituents is 1. The molecule has 3 N–H and O–H groups in total. The maximum absolute atomic E-state index is 13.6. The van der Waals surface area contributed by atoms with Gasteiger partial charge in [-0.2, -0.15) is 0 Å². The number of aliphatic hydroxyl groups is 1. The van der Waals surface area contributed by atoms with Crippen molar-refractivity contribution in [2.24, 2.45) is 0 Å². The van der Waals surface area contributed by atoms with E-state index in [1.54, 1.807) is 36.4 Å². The summed E-state index contributed by atoms with van der Waals surface area (Å²) in [5.74, 6) is -1.07. The molecule has 1 aliphatic heterocycles. The SMILES string of the molecule is CCOc1ccc(/C(O)=C2/C(=O)C(=O)N(c3ccc(Nc4ccccc4)cc3)C2c2ccc(O)cc2)cc1C(C)(C)C. The standard InChI is InChI=1S/C35H34N2O5/c1-5-42-29-20-13-23(21-28(29)35(2,3)4)32(39)30-31(22-11-18-27(38)19-12-22)37(34(41)33(30)40)26-16-14-25(15-17-26)36-24-9-7-6-8-10-24/h6-21,31,36,38-39H,5H2,1-4H3/b32-30-. The van der Waals surface area contributed by atoms with Crippen molar-refractivity contribution in [1.29, 1.82) is 0 Å². The Kier molecular flexibility index (Phi) is 7.77. The van der Waals surface area contributed by atoms with Crippen LogP contribution in [-0.2, 0) is 15.0 Å². The molecule has 1 fully saturated rings. The molecule has 0 spiro atoms. The van der Waals surface area contributed by atoms with E-state index in [-0.39, 0.29) is 22.5 Å². The van der Waals surface area contributed by atoms with Crippen molar-refractivity contribution in [1.82, 2.24) is 0 Å². The molecule has 0 bridgehead atoms. The molecule has 7 heteroatoms. The van der Waals surface area contributed by atoms with Gasteiger partial charge in [-0.15, -0.1) is 0 Å². The number of phenols is 1. The van der Waals surface area contributed by atoms with E-state index in [1.807, 2.05) is 76.2 Å². The molecule has 0 saturated carbocycles. The molecule has 0 radical (unpaired) electrons. The minimum Gasteiger partial charge on any atom is -0.508 e. The average molecular weight is 563 g/mol. The van der Waals surface area contributed by atoms with Gasteiger partial charge in [-0.3, -0.25) is 14.5 Å². The zero-order valence-corrected chi connectivity index (χ0v) is 24.1. The number of hydrogen-bond donors (Lipinski definition) is 3. The lowest BCUT2D eigenvalue weighted by Crippen LogP contribution is -2.29. The Balaban J connectivity index is 1.61. The first-order valence-electron chi connectivity index (χ1n) is 13.9. The van der Waals surface area contributed by atoms with Crippen molar-refractivity contribution in [3.63, 3.8) is 0 Å². The van der Waals surface area contributed by atoms with Crippen molar-refractivity contribution >= 4 is 34.5 Å². The molecule has 214 valence electrons. The van der Waals surface area contributed by atoms with E-state index in [1.165, 1.54) is 17.0 Å². The highest BCUT2D eigenvalue weighted by Crippen LogP contribution is 2.43. The van der Waals surface area contributed by atoms with Gasteiger partial charge in [-0.25, -0.2) is 0 Å². The van der Waals surface area contributed by atoms with Gasteiger partial charge in [0.25, 0.3) is 11.7 Å². The van der Waals surface area contributed by atoms with Crippen LogP contribution in [0, 0.1) is 0 Å². The van der Waals surface area contributed by atoms with Crippen LogP contribution in [0.3, 0.4) is 0 Å². The second kappa shape index (κ2) is 11.4. The van der Waals surface area contributed by atoms with Gasteiger partial charge >= 0.3 is 0 Å². The largest absolute Gasteiger partial charge is 0.508 e. The van der Waals surface area contributed by atoms with Crippen molar-refractivity contribution < 1.29 is 24.5 Å². The van der Waals surface area contributed by atoms with Crippen LogP contribution in [0.5, 0.6) is 11.5 Å². The summed E-state index contributed by atoms with van der Waals surface area (Å²) in [4.78, 5) is 28.6. The third-order valence-electron chi connectivity index (χ3n) is 7.22. The Morgan fingerprint density at radius 3 is 2.14 bits per heavy atom. The van der Waals surface area contributed by atoms with Gasteiger partial charge in [0.1, 0.15) is 17.3 Å². The smallest absolute Gasteiger partial charge is 0.300 e. The van der Waals surface area contributed by atoms with Crippen LogP contribution in [-0.4, -0.2) is 28.5 Å². The first-order valence-corrected chi connectivity index (χ1v) is 13.9. The van der Waals surface area contributed by atoms with E-state index in [4.69, 9.17) is 4.74 Å². The second-order valence-electron chi connectivity index (χ2n) is 11.2. The lowest BCUT2D eigenvalue weighted by Gasteiger charge is -2.26. The number of para-hydroxylation sites is 1. The van der Waals surface area contributed by atoms with Crippen LogP contribution < -0.4 is 15.0 Å². The number of carbonyl (C=O) groups is 2. The van der Waals surface area contributed by atoms with Crippen LogP contribution in [0.15, 0.2) is 103 Å². The average Bonchev–Trinajstić information content (AvgIpc) is 3.24. The summed E-state index contributed by atoms with van der Waals surface area (Å²) in [6.45, 7) is 8.52. The van der Waals surface area contributed by atoms with Crippen LogP contribution in [0.4, 0.5) is 17.1 Å². The number of hydrogen-bond acceptors (Lipinski definition) is 6. The number of amides is 1. The number of aromatic hydroxyl groups is 1. The van der Waals surface area contributed by atoms with Gasteiger partial charge in [0.15, 0.2) is 0 Å². The van der Waals surface area contributed by atoms with E-state index in [2.05, 4.69) is 5.32 Å². The zero-order chi connectivity index (χ0) is 30.0. The predicted molar refractivity (Wildman–Crippen MR) is 165 cm³/mol. The van der Waals surface area contributed by atoms with E-state index in [0.29, 0.717) is 29.2 Å². The minimum absolute atomic E-state index is 0.0267. The summed E-state index contributed by atoms with van der Waals surface area (Å²) in [6, 6.07) is 27.6. The van der Waals surface area contributed by atoms with Crippen molar-refractivity contribution in [3.8, 4) is 11.5 Å². The summed E-state index contributed by atoms with van der Waals surface area (Å²) >= 11 is 0. The van der Waals surface area contributed by atoms with Crippen LogP contribution in [0.2, 0.25) is 0 Å². The number of nitrogens with one attached hydrogen (secondary N) is 1. The highest BCUT2D eigenvalue weighted by Gasteiger charge is 2.47. The summed E-state index contributed by atoms with van der Waals surface area (Å²) in [7, 11) is 0. The van der Waals surface area contributed by atoms with Crippen LogP contribution in [0.1, 0.15) is 50.4 Å².